The van der Waals surface area contributed by atoms with Crippen LogP contribution in [0, 0.1) is 0 Å². The summed E-state index contributed by atoms with van der Waals surface area (Å²) in [6.07, 6.45) is -2.29. The Morgan fingerprint density at radius 2 is 1.61 bits per heavy atom. The maximum atomic E-state index is 14.0. The van der Waals surface area contributed by atoms with Crippen LogP contribution in [0.2, 0.25) is 0 Å². The number of amides is 3. The Kier molecular flexibility index (Phi) is 10.9. The van der Waals surface area contributed by atoms with E-state index in [1.54, 1.807) is 18.2 Å². The van der Waals surface area contributed by atoms with Crippen LogP contribution in [-0.2, 0) is 25.5 Å². The molecule has 3 aromatic carbocycles. The summed E-state index contributed by atoms with van der Waals surface area (Å²) in [6.45, 7) is -0.132. The van der Waals surface area contributed by atoms with Crippen LogP contribution in [0.3, 0.4) is 0 Å². The van der Waals surface area contributed by atoms with Gasteiger partial charge in [-0.05, 0) is 35.6 Å². The summed E-state index contributed by atoms with van der Waals surface area (Å²) in [7, 11) is 1.23. The van der Waals surface area contributed by atoms with Crippen molar-refractivity contribution in [2.24, 2.45) is 0 Å². The smallest absolute Gasteiger partial charge is 0.407 e. The van der Waals surface area contributed by atoms with Gasteiger partial charge in [-0.2, -0.15) is 4.79 Å². The van der Waals surface area contributed by atoms with E-state index in [0.29, 0.717) is 24.7 Å². The molecule has 0 saturated carbocycles. The third kappa shape index (κ3) is 8.15. The van der Waals surface area contributed by atoms with E-state index < -0.39 is 48.0 Å². The van der Waals surface area contributed by atoms with E-state index in [9.17, 15) is 24.3 Å². The summed E-state index contributed by atoms with van der Waals surface area (Å²) >= 11 is 0. The molecule has 3 aromatic rings. The Morgan fingerprint density at radius 3 is 2.20 bits per heavy atom. The number of anilines is 1. The SMILES string of the molecule is COC(=O)NC(C(=O)Nc1ccccc1CC[C@@H]1CN(C(=O)O)C[C@@H](C(=O)C=[N+]=[N-])O1)C(c1ccccc1)c1ccccc1. The molecule has 1 aliphatic heterocycles. The maximum absolute atomic E-state index is 14.0. The number of carboxylic acid groups (broad SMARTS) is 1. The number of alkyl carbamates (subject to hydrolysis) is 1. The summed E-state index contributed by atoms with van der Waals surface area (Å²) in [5, 5.41) is 15.2. The van der Waals surface area contributed by atoms with Crippen molar-refractivity contribution in [3.8, 4) is 0 Å². The normalized spacial score (nSPS) is 16.7. The number of nitrogens with zero attached hydrogens (tertiary/aromatic N) is 3. The number of carbonyl (C=O) groups excluding carboxylic acids is 3. The number of ether oxygens (including phenoxy) is 2. The monoisotopic (exact) mass is 599 g/mol. The van der Waals surface area contributed by atoms with Gasteiger partial charge in [-0.25, -0.2) is 9.59 Å². The molecule has 1 fully saturated rings. The Labute approximate surface area is 254 Å². The van der Waals surface area contributed by atoms with Crippen molar-refractivity contribution in [3.63, 3.8) is 0 Å². The van der Waals surface area contributed by atoms with Crippen molar-refractivity contribution in [3.05, 3.63) is 107 Å². The highest BCUT2D eigenvalue weighted by molar-refractivity contribution is 6.27. The molecule has 1 heterocycles. The minimum absolute atomic E-state index is 0.0465. The van der Waals surface area contributed by atoms with E-state index in [0.717, 1.165) is 21.6 Å². The highest BCUT2D eigenvalue weighted by atomic mass is 16.5. The van der Waals surface area contributed by atoms with Gasteiger partial charge in [0, 0.05) is 11.6 Å². The minimum atomic E-state index is -1.19. The summed E-state index contributed by atoms with van der Waals surface area (Å²) in [4.78, 5) is 54.2. The highest BCUT2D eigenvalue weighted by Crippen LogP contribution is 2.30. The van der Waals surface area contributed by atoms with Crippen molar-refractivity contribution < 1.29 is 38.5 Å². The third-order valence-electron chi connectivity index (χ3n) is 7.34. The Hall–Kier alpha value is -5.32. The molecule has 44 heavy (non-hydrogen) atoms. The number of carbonyl (C=O) groups is 4. The number of morpholine rings is 1. The molecule has 0 spiro atoms. The van der Waals surface area contributed by atoms with Crippen molar-refractivity contribution in [2.45, 2.75) is 37.0 Å². The topological polar surface area (TPSA) is 171 Å². The molecule has 12 nitrogen and oxygen atoms in total. The lowest BCUT2D eigenvalue weighted by molar-refractivity contribution is -0.139. The summed E-state index contributed by atoms with van der Waals surface area (Å²) in [6, 6.07) is 24.8. The minimum Gasteiger partial charge on any atom is -0.465 e. The van der Waals surface area contributed by atoms with Gasteiger partial charge in [-0.15, -0.1) is 0 Å². The molecule has 228 valence electrons. The molecule has 12 heteroatoms. The molecule has 0 aromatic heterocycles. The summed E-state index contributed by atoms with van der Waals surface area (Å²) in [5.74, 6) is -1.66. The number of methoxy groups -OCH3 is 1. The van der Waals surface area contributed by atoms with Crippen molar-refractivity contribution >= 4 is 35.8 Å². The van der Waals surface area contributed by atoms with E-state index in [1.165, 1.54) is 7.11 Å². The second-order valence-electron chi connectivity index (χ2n) is 10.2. The molecular formula is C32H33N5O7. The zero-order chi connectivity index (χ0) is 31.5. The molecule has 3 N–H and O–H groups in total. The predicted octanol–water partition coefficient (Wildman–Crippen LogP) is 3.73. The first-order valence-electron chi connectivity index (χ1n) is 14.0. The fourth-order valence-electron chi connectivity index (χ4n) is 5.22. The van der Waals surface area contributed by atoms with Crippen LogP contribution >= 0.6 is 0 Å². The van der Waals surface area contributed by atoms with Gasteiger partial charge in [0.15, 0.2) is 0 Å². The van der Waals surface area contributed by atoms with E-state index in [1.807, 2.05) is 66.7 Å². The highest BCUT2D eigenvalue weighted by Gasteiger charge is 2.36. The predicted molar refractivity (Wildman–Crippen MR) is 160 cm³/mol. The van der Waals surface area contributed by atoms with E-state index in [4.69, 9.17) is 15.0 Å². The van der Waals surface area contributed by atoms with E-state index in [-0.39, 0.29) is 13.1 Å². The first-order valence-corrected chi connectivity index (χ1v) is 14.0. The number of Topliss-reactive ketones (excluding diaryl/α,β-unsaturated/α-hetero) is 1. The van der Waals surface area contributed by atoms with Crippen LogP contribution in [0.25, 0.3) is 5.53 Å². The zero-order valence-electron chi connectivity index (χ0n) is 24.0. The van der Waals surface area contributed by atoms with Crippen LogP contribution in [0.1, 0.15) is 29.0 Å². The standard InChI is InChI=1S/C32H33N5O7/c1-43-31(40)36-29(28(22-11-4-2-5-12-22)23-13-6-3-7-14-23)30(39)35-25-15-9-8-10-21(25)16-17-24-19-37(32(41)42)20-27(44-24)26(38)18-34-33/h2-15,18,24,27-29H,16-17,19-20H2,1H3,(H,35,39)(H,36,40)(H,41,42)/t24-,27+,29?/m1/s1. The van der Waals surface area contributed by atoms with Gasteiger partial charge in [0.05, 0.1) is 26.3 Å². The number of rotatable bonds is 11. The number of hydrogen-bond acceptors (Lipinski definition) is 6. The fraction of sp³-hybridized carbons (Fsp3) is 0.281. The van der Waals surface area contributed by atoms with E-state index >= 15 is 0 Å². The van der Waals surface area contributed by atoms with Gasteiger partial charge in [-0.3, -0.25) is 9.59 Å². The molecule has 1 aliphatic rings. The fourth-order valence-corrected chi connectivity index (χ4v) is 5.22. The van der Waals surface area contributed by atoms with Gasteiger partial charge >= 0.3 is 18.4 Å². The van der Waals surface area contributed by atoms with Crippen molar-refractivity contribution in [1.29, 1.82) is 0 Å². The molecule has 0 radical (unpaired) electrons. The van der Waals surface area contributed by atoms with Gasteiger partial charge in [0.2, 0.25) is 5.91 Å². The summed E-state index contributed by atoms with van der Waals surface area (Å²) < 4.78 is 10.7. The number of hydrogen-bond donors (Lipinski definition) is 3. The van der Waals surface area contributed by atoms with Gasteiger partial charge < -0.3 is 35.6 Å². The Morgan fingerprint density at radius 1 is 1.00 bits per heavy atom. The number of para-hydroxylation sites is 1. The molecule has 3 amide bonds. The Balaban J connectivity index is 1.57. The molecular weight excluding hydrogens is 566 g/mol. The number of ketones is 1. The lowest BCUT2D eigenvalue weighted by Gasteiger charge is -2.35. The lowest BCUT2D eigenvalue weighted by Crippen LogP contribution is -2.52. The third-order valence-corrected chi connectivity index (χ3v) is 7.34. The average Bonchev–Trinajstić information content (AvgIpc) is 3.04. The van der Waals surface area contributed by atoms with Crippen LogP contribution in [0.5, 0.6) is 0 Å². The number of nitrogens with one attached hydrogen (secondary N) is 2. The molecule has 1 saturated heterocycles. The molecule has 0 bridgehead atoms. The second-order valence-corrected chi connectivity index (χ2v) is 10.2. The maximum Gasteiger partial charge on any atom is 0.407 e. The lowest BCUT2D eigenvalue weighted by atomic mass is 9.84. The molecule has 3 atom stereocenters. The first kappa shape index (κ1) is 31.6. The van der Waals surface area contributed by atoms with Crippen LogP contribution in [0.15, 0.2) is 84.9 Å². The van der Waals surface area contributed by atoms with E-state index in [2.05, 4.69) is 15.4 Å². The van der Waals surface area contributed by atoms with Crippen LogP contribution in [0.4, 0.5) is 15.3 Å². The second kappa shape index (κ2) is 15.2. The van der Waals surface area contributed by atoms with Crippen LogP contribution < -0.4 is 10.6 Å². The Bertz CT molecular complexity index is 1470. The average molecular weight is 600 g/mol. The zero-order valence-corrected chi connectivity index (χ0v) is 24.0. The van der Waals surface area contributed by atoms with Gasteiger partial charge in [-0.1, -0.05) is 78.9 Å². The quantitative estimate of drug-likeness (QED) is 0.171. The van der Waals surface area contributed by atoms with Crippen LogP contribution in [-0.4, -0.2) is 83.3 Å². The molecule has 1 unspecified atom stereocenters. The van der Waals surface area contributed by atoms with Gasteiger partial charge in [0.25, 0.3) is 5.78 Å². The number of aryl methyl sites for hydroxylation is 1. The largest absolute Gasteiger partial charge is 0.465 e. The summed E-state index contributed by atoms with van der Waals surface area (Å²) in [5.41, 5.74) is 11.6. The number of benzene rings is 3. The molecule has 4 rings (SSSR count). The van der Waals surface area contributed by atoms with Crippen molar-refractivity contribution in [2.75, 3.05) is 25.5 Å². The van der Waals surface area contributed by atoms with Crippen molar-refractivity contribution in [1.82, 2.24) is 10.2 Å². The first-order chi connectivity index (χ1) is 21.3. The van der Waals surface area contributed by atoms with Gasteiger partial charge in [0.1, 0.15) is 12.1 Å². The molecule has 0 aliphatic carbocycles.